The molecule has 0 heterocycles. The molecule has 21 heavy (non-hydrogen) atoms. The first-order valence-electron chi connectivity index (χ1n) is 6.29. The van der Waals surface area contributed by atoms with Gasteiger partial charge in [0.15, 0.2) is 0 Å². The van der Waals surface area contributed by atoms with Crippen molar-refractivity contribution in [2.45, 2.75) is 4.90 Å². The number of anilines is 1. The normalized spacial score (nSPS) is 9.71. The van der Waals surface area contributed by atoms with Crippen molar-refractivity contribution in [1.82, 2.24) is 0 Å². The number of carbonyl (C=O) groups is 1. The first kappa shape index (κ1) is 14.9. The van der Waals surface area contributed by atoms with Crippen LogP contribution in [-0.2, 0) is 4.79 Å². The number of hydrogen-bond acceptors (Lipinski definition) is 4. The Kier molecular flexibility index (Phi) is 5.24. The van der Waals surface area contributed by atoms with Gasteiger partial charge in [-0.1, -0.05) is 18.2 Å². The van der Waals surface area contributed by atoms with Gasteiger partial charge >= 0.3 is 0 Å². The number of para-hydroxylation sites is 1. The number of amides is 1. The number of nitriles is 1. The molecule has 0 fully saturated rings. The summed E-state index contributed by atoms with van der Waals surface area (Å²) in [6.45, 7) is 0. The summed E-state index contributed by atoms with van der Waals surface area (Å²) in [6.07, 6.45) is 0. The van der Waals surface area contributed by atoms with Crippen molar-refractivity contribution in [3.63, 3.8) is 0 Å². The van der Waals surface area contributed by atoms with E-state index in [1.54, 1.807) is 31.4 Å². The molecule has 0 aliphatic carbocycles. The minimum Gasteiger partial charge on any atom is -0.497 e. The summed E-state index contributed by atoms with van der Waals surface area (Å²) in [6, 6.07) is 16.5. The van der Waals surface area contributed by atoms with Crippen LogP contribution < -0.4 is 10.1 Å². The number of ether oxygens (including phenoxy) is 1. The van der Waals surface area contributed by atoms with Crippen LogP contribution in [0.25, 0.3) is 0 Å². The highest BCUT2D eigenvalue weighted by molar-refractivity contribution is 8.00. The molecule has 4 nitrogen and oxygen atoms in total. The number of thioether (sulfide) groups is 1. The zero-order chi connectivity index (χ0) is 15.1. The van der Waals surface area contributed by atoms with Gasteiger partial charge in [0.1, 0.15) is 11.8 Å². The number of carbonyl (C=O) groups excluding carboxylic acids is 1. The van der Waals surface area contributed by atoms with Gasteiger partial charge in [-0.25, -0.2) is 0 Å². The molecular formula is C16H14N2O2S. The topological polar surface area (TPSA) is 62.1 Å². The van der Waals surface area contributed by atoms with E-state index in [1.807, 2.05) is 24.3 Å². The zero-order valence-corrected chi connectivity index (χ0v) is 12.3. The Bertz CT molecular complexity index is 680. The molecule has 106 valence electrons. The molecule has 1 N–H and O–H groups in total. The van der Waals surface area contributed by atoms with E-state index in [4.69, 9.17) is 10.00 Å². The van der Waals surface area contributed by atoms with Crippen LogP contribution in [0.5, 0.6) is 5.75 Å². The van der Waals surface area contributed by atoms with Gasteiger partial charge in [-0.05, 0) is 30.3 Å². The molecule has 1 amide bonds. The van der Waals surface area contributed by atoms with Crippen molar-refractivity contribution in [2.75, 3.05) is 18.2 Å². The molecule has 0 saturated heterocycles. The molecule has 0 aliphatic heterocycles. The van der Waals surface area contributed by atoms with Crippen molar-refractivity contribution in [3.05, 3.63) is 54.1 Å². The average molecular weight is 298 g/mol. The Morgan fingerprint density at radius 1 is 1.29 bits per heavy atom. The summed E-state index contributed by atoms with van der Waals surface area (Å²) in [4.78, 5) is 12.9. The third kappa shape index (κ3) is 4.26. The summed E-state index contributed by atoms with van der Waals surface area (Å²) in [5.41, 5.74) is 0.994. The van der Waals surface area contributed by atoms with Crippen molar-refractivity contribution < 1.29 is 9.53 Å². The third-order valence-electron chi connectivity index (χ3n) is 2.73. The summed E-state index contributed by atoms with van der Waals surface area (Å²) in [7, 11) is 1.61. The van der Waals surface area contributed by atoms with Crippen molar-refractivity contribution >= 4 is 23.4 Å². The minimum atomic E-state index is -0.148. The predicted molar refractivity (Wildman–Crippen MR) is 83.5 cm³/mol. The van der Waals surface area contributed by atoms with Crippen LogP contribution >= 0.6 is 11.8 Å². The fourth-order valence-electron chi connectivity index (χ4n) is 1.72. The second-order valence-corrected chi connectivity index (χ2v) is 5.22. The number of rotatable bonds is 5. The van der Waals surface area contributed by atoms with E-state index in [9.17, 15) is 4.79 Å². The highest BCUT2D eigenvalue weighted by Crippen LogP contribution is 2.23. The number of nitrogens with one attached hydrogen (secondary N) is 1. The second kappa shape index (κ2) is 7.36. The quantitative estimate of drug-likeness (QED) is 0.860. The summed E-state index contributed by atoms with van der Waals surface area (Å²) >= 11 is 1.42. The lowest BCUT2D eigenvalue weighted by Gasteiger charge is -2.07. The summed E-state index contributed by atoms with van der Waals surface area (Å²) < 4.78 is 5.14. The second-order valence-electron chi connectivity index (χ2n) is 4.17. The predicted octanol–water partition coefficient (Wildman–Crippen LogP) is 3.30. The molecule has 0 atom stereocenters. The van der Waals surface area contributed by atoms with Gasteiger partial charge in [-0.15, -0.1) is 11.8 Å². The molecule has 0 unspecified atom stereocenters. The van der Waals surface area contributed by atoms with E-state index >= 15 is 0 Å². The van der Waals surface area contributed by atoms with Crippen molar-refractivity contribution in [3.8, 4) is 11.8 Å². The van der Waals surface area contributed by atoms with Crippen LogP contribution in [0.2, 0.25) is 0 Å². The average Bonchev–Trinajstić information content (AvgIpc) is 2.53. The van der Waals surface area contributed by atoms with Gasteiger partial charge in [0.25, 0.3) is 0 Å². The molecule has 2 aromatic rings. The number of nitrogens with zero attached hydrogens (tertiary/aromatic N) is 1. The largest absolute Gasteiger partial charge is 0.497 e. The maximum Gasteiger partial charge on any atom is 0.234 e. The van der Waals surface area contributed by atoms with Crippen LogP contribution in [0.15, 0.2) is 53.4 Å². The number of benzene rings is 2. The Morgan fingerprint density at radius 2 is 2.10 bits per heavy atom. The maximum atomic E-state index is 11.9. The van der Waals surface area contributed by atoms with Gasteiger partial charge in [-0.3, -0.25) is 4.79 Å². The summed E-state index contributed by atoms with van der Waals surface area (Å²) in [5.74, 6) is 0.883. The SMILES string of the molecule is COc1cccc(SCC(=O)Nc2ccccc2C#N)c1. The van der Waals surface area contributed by atoms with Gasteiger partial charge < -0.3 is 10.1 Å². The Balaban J connectivity index is 1.94. The first-order chi connectivity index (χ1) is 10.2. The Labute approximate surface area is 127 Å². The molecule has 0 spiro atoms. The lowest BCUT2D eigenvalue weighted by Crippen LogP contribution is -2.14. The van der Waals surface area contributed by atoms with E-state index in [0.29, 0.717) is 11.3 Å². The fourth-order valence-corrected chi connectivity index (χ4v) is 2.46. The lowest BCUT2D eigenvalue weighted by atomic mass is 10.2. The third-order valence-corrected chi connectivity index (χ3v) is 3.73. The van der Waals surface area contributed by atoms with Crippen LogP contribution in [0, 0.1) is 11.3 Å². The van der Waals surface area contributed by atoms with Crippen LogP contribution in [0.3, 0.4) is 0 Å². The van der Waals surface area contributed by atoms with Crippen LogP contribution in [0.1, 0.15) is 5.56 Å². The molecular weight excluding hydrogens is 284 g/mol. The van der Waals surface area contributed by atoms with Crippen LogP contribution in [0.4, 0.5) is 5.69 Å². The van der Waals surface area contributed by atoms with Crippen molar-refractivity contribution in [2.24, 2.45) is 0 Å². The molecule has 0 radical (unpaired) electrons. The highest BCUT2D eigenvalue weighted by Gasteiger charge is 2.07. The van der Waals surface area contributed by atoms with Gasteiger partial charge in [0, 0.05) is 4.90 Å². The van der Waals surface area contributed by atoms with Gasteiger partial charge in [0.05, 0.1) is 24.1 Å². The fraction of sp³-hybridized carbons (Fsp3) is 0.125. The van der Waals surface area contributed by atoms with E-state index in [2.05, 4.69) is 11.4 Å². The molecule has 0 saturated carbocycles. The zero-order valence-electron chi connectivity index (χ0n) is 11.5. The number of methoxy groups -OCH3 is 1. The lowest BCUT2D eigenvalue weighted by molar-refractivity contribution is -0.113. The summed E-state index contributed by atoms with van der Waals surface area (Å²) in [5, 5.41) is 11.7. The molecule has 0 bridgehead atoms. The molecule has 2 rings (SSSR count). The van der Waals surface area contributed by atoms with Gasteiger partial charge in [0.2, 0.25) is 5.91 Å². The van der Waals surface area contributed by atoms with E-state index < -0.39 is 0 Å². The van der Waals surface area contributed by atoms with E-state index in [1.165, 1.54) is 11.8 Å². The standard InChI is InChI=1S/C16H14N2O2S/c1-20-13-6-4-7-14(9-13)21-11-16(19)18-15-8-3-2-5-12(15)10-17/h2-9H,11H2,1H3,(H,18,19). The Morgan fingerprint density at radius 3 is 2.86 bits per heavy atom. The monoisotopic (exact) mass is 298 g/mol. The van der Waals surface area contributed by atoms with E-state index in [0.717, 1.165) is 10.6 Å². The molecule has 2 aromatic carbocycles. The molecule has 0 aliphatic rings. The maximum absolute atomic E-state index is 11.9. The first-order valence-corrected chi connectivity index (χ1v) is 7.27. The van der Waals surface area contributed by atoms with E-state index in [-0.39, 0.29) is 11.7 Å². The van der Waals surface area contributed by atoms with Gasteiger partial charge in [-0.2, -0.15) is 5.26 Å². The molecule has 0 aromatic heterocycles. The number of hydrogen-bond donors (Lipinski definition) is 1. The Hall–Kier alpha value is -2.45. The minimum absolute atomic E-state index is 0.148. The smallest absolute Gasteiger partial charge is 0.234 e. The highest BCUT2D eigenvalue weighted by atomic mass is 32.2. The van der Waals surface area contributed by atoms with Crippen LogP contribution in [-0.4, -0.2) is 18.8 Å². The molecule has 5 heteroatoms. The van der Waals surface area contributed by atoms with Crippen molar-refractivity contribution in [1.29, 1.82) is 5.26 Å².